The Morgan fingerprint density at radius 2 is 1.32 bits per heavy atom. The van der Waals surface area contributed by atoms with Gasteiger partial charge in [-0.05, 0) is 79.9 Å². The highest BCUT2D eigenvalue weighted by atomic mass is 19.4. The fourth-order valence-corrected chi connectivity index (χ4v) is 5.91. The first kappa shape index (κ1) is 24.4. The maximum atomic E-state index is 12.6. The molecule has 0 spiro atoms. The van der Waals surface area contributed by atoms with Gasteiger partial charge >= 0.3 is 6.18 Å². The predicted octanol–water partition coefficient (Wildman–Crippen LogP) is 9.69. The van der Waals surface area contributed by atoms with Crippen molar-refractivity contribution in [1.29, 1.82) is 0 Å². The molecule has 0 atom stereocenters. The summed E-state index contributed by atoms with van der Waals surface area (Å²) in [6, 6.07) is 5.45. The molecule has 0 amide bonds. The number of halogens is 3. The molecule has 0 heterocycles. The van der Waals surface area contributed by atoms with Crippen LogP contribution in [0.3, 0.4) is 0 Å². The van der Waals surface area contributed by atoms with Crippen molar-refractivity contribution in [1.82, 2.24) is 0 Å². The molecule has 0 aromatic heterocycles. The summed E-state index contributed by atoms with van der Waals surface area (Å²) >= 11 is 0. The Labute approximate surface area is 187 Å². The van der Waals surface area contributed by atoms with Gasteiger partial charge < -0.3 is 0 Å². The molecule has 0 bridgehead atoms. The van der Waals surface area contributed by atoms with E-state index in [4.69, 9.17) is 0 Å². The Morgan fingerprint density at radius 1 is 0.774 bits per heavy atom. The van der Waals surface area contributed by atoms with E-state index >= 15 is 0 Å². The van der Waals surface area contributed by atoms with Crippen molar-refractivity contribution in [3.8, 4) is 0 Å². The highest BCUT2D eigenvalue weighted by Crippen LogP contribution is 2.43. The van der Waals surface area contributed by atoms with Crippen LogP contribution < -0.4 is 0 Å². The third kappa shape index (κ3) is 7.99. The zero-order chi connectivity index (χ0) is 22.1. The van der Waals surface area contributed by atoms with Gasteiger partial charge in [-0.25, -0.2) is 0 Å². The first-order chi connectivity index (χ1) is 15.0. The van der Waals surface area contributed by atoms with Gasteiger partial charge in [-0.15, -0.1) is 0 Å². The molecular formula is C28H41F3. The average Bonchev–Trinajstić information content (AvgIpc) is 2.78. The topological polar surface area (TPSA) is 0 Å². The summed E-state index contributed by atoms with van der Waals surface area (Å²) in [5, 5.41) is 0. The smallest absolute Gasteiger partial charge is 0.166 e. The van der Waals surface area contributed by atoms with Crippen molar-refractivity contribution in [2.75, 3.05) is 0 Å². The molecule has 0 saturated heterocycles. The molecule has 0 N–H and O–H groups in total. The quantitative estimate of drug-likeness (QED) is 0.339. The lowest BCUT2D eigenvalue weighted by molar-refractivity contribution is -0.137. The summed E-state index contributed by atoms with van der Waals surface area (Å²) in [5.74, 6) is 3.80. The van der Waals surface area contributed by atoms with Crippen LogP contribution in [0, 0.1) is 23.7 Å². The van der Waals surface area contributed by atoms with Gasteiger partial charge in [0, 0.05) is 0 Å². The first-order valence-electron chi connectivity index (χ1n) is 12.8. The Hall–Kier alpha value is -1.25. The normalized spacial score (nSPS) is 27.6. The number of hydrogen-bond donors (Lipinski definition) is 0. The third-order valence-corrected chi connectivity index (χ3v) is 7.96. The predicted molar refractivity (Wildman–Crippen MR) is 125 cm³/mol. The summed E-state index contributed by atoms with van der Waals surface area (Å²) < 4.78 is 37.9. The van der Waals surface area contributed by atoms with Crippen LogP contribution in [0.1, 0.15) is 108 Å². The third-order valence-electron chi connectivity index (χ3n) is 7.96. The van der Waals surface area contributed by atoms with E-state index in [1.54, 1.807) is 12.1 Å². The van der Waals surface area contributed by atoms with Crippen molar-refractivity contribution < 1.29 is 13.2 Å². The highest BCUT2D eigenvalue weighted by Gasteiger charge is 2.31. The maximum absolute atomic E-state index is 12.6. The van der Waals surface area contributed by atoms with Gasteiger partial charge in [0.15, 0.2) is 0 Å². The Kier molecular flexibility index (Phi) is 9.53. The molecule has 1 aromatic rings. The van der Waals surface area contributed by atoms with Crippen LogP contribution in [0.5, 0.6) is 0 Å². The zero-order valence-electron chi connectivity index (χ0n) is 19.3. The number of rotatable bonds is 9. The standard InChI is InChI=1S/C28H41F3/c1-2-3-4-7-22-10-16-25(17-11-22)26-18-12-23(13-19-26)8-5-6-9-24-14-20-27(21-15-24)28(29,30)31/h6,9,14-15,20-23,25-26H,2-5,7-8,10-13,16-19H2,1H3/b9-6-. The van der Waals surface area contributed by atoms with Crippen LogP contribution in [0.2, 0.25) is 0 Å². The van der Waals surface area contributed by atoms with Crippen LogP contribution in [0.15, 0.2) is 30.3 Å². The fraction of sp³-hybridized carbons (Fsp3) is 0.714. The van der Waals surface area contributed by atoms with Crippen molar-refractivity contribution in [3.63, 3.8) is 0 Å². The molecular weight excluding hydrogens is 393 g/mol. The van der Waals surface area contributed by atoms with Gasteiger partial charge in [0.05, 0.1) is 5.56 Å². The lowest BCUT2D eigenvalue weighted by Gasteiger charge is -2.38. The summed E-state index contributed by atoms with van der Waals surface area (Å²) in [6.07, 6.45) is 19.2. The van der Waals surface area contributed by atoms with Gasteiger partial charge in [-0.3, -0.25) is 0 Å². The second-order valence-corrected chi connectivity index (χ2v) is 10.2. The molecule has 0 radical (unpaired) electrons. The number of alkyl halides is 3. The minimum Gasteiger partial charge on any atom is -0.166 e. The largest absolute Gasteiger partial charge is 0.416 e. The second-order valence-electron chi connectivity index (χ2n) is 10.2. The number of benzene rings is 1. The molecule has 0 nitrogen and oxygen atoms in total. The summed E-state index contributed by atoms with van der Waals surface area (Å²) in [4.78, 5) is 0. The lowest BCUT2D eigenvalue weighted by Crippen LogP contribution is -2.25. The Bertz CT molecular complexity index is 642. The van der Waals surface area contributed by atoms with E-state index < -0.39 is 11.7 Å². The van der Waals surface area contributed by atoms with E-state index in [1.807, 2.05) is 6.08 Å². The van der Waals surface area contributed by atoms with Gasteiger partial charge in [0.25, 0.3) is 0 Å². The fourth-order valence-electron chi connectivity index (χ4n) is 5.91. The van der Waals surface area contributed by atoms with Gasteiger partial charge in [-0.2, -0.15) is 13.2 Å². The molecule has 1 aromatic carbocycles. The maximum Gasteiger partial charge on any atom is 0.416 e. The molecule has 174 valence electrons. The molecule has 3 rings (SSSR count). The van der Waals surface area contributed by atoms with Gasteiger partial charge in [0.1, 0.15) is 0 Å². The van der Waals surface area contributed by atoms with E-state index in [-0.39, 0.29) is 0 Å². The van der Waals surface area contributed by atoms with Gasteiger partial charge in [-0.1, -0.05) is 82.6 Å². The van der Waals surface area contributed by atoms with Crippen LogP contribution >= 0.6 is 0 Å². The number of hydrogen-bond acceptors (Lipinski definition) is 0. The van der Waals surface area contributed by atoms with E-state index in [0.717, 1.165) is 35.7 Å². The number of allylic oxidation sites excluding steroid dienone is 1. The van der Waals surface area contributed by atoms with E-state index in [9.17, 15) is 13.2 Å². The molecule has 0 unspecified atom stereocenters. The van der Waals surface area contributed by atoms with Crippen LogP contribution in [0.4, 0.5) is 13.2 Å². The summed E-state index contributed by atoms with van der Waals surface area (Å²) in [6.45, 7) is 2.29. The Morgan fingerprint density at radius 3 is 1.84 bits per heavy atom. The minimum absolute atomic E-state index is 0.577. The van der Waals surface area contributed by atoms with Gasteiger partial charge in [0.2, 0.25) is 0 Å². The van der Waals surface area contributed by atoms with Crippen molar-refractivity contribution in [2.45, 2.75) is 103 Å². The SMILES string of the molecule is CCCCCC1CCC(C2CCC(CC/C=C\c3ccc(C(F)(F)F)cc3)CC2)CC1. The average molecular weight is 435 g/mol. The summed E-state index contributed by atoms with van der Waals surface area (Å²) in [5.41, 5.74) is 0.272. The molecule has 2 aliphatic carbocycles. The Balaban J connectivity index is 1.30. The van der Waals surface area contributed by atoms with E-state index in [1.165, 1.54) is 95.6 Å². The van der Waals surface area contributed by atoms with Crippen molar-refractivity contribution in [2.24, 2.45) is 23.7 Å². The van der Waals surface area contributed by atoms with Crippen LogP contribution in [-0.4, -0.2) is 0 Å². The molecule has 2 saturated carbocycles. The molecule has 0 aliphatic heterocycles. The highest BCUT2D eigenvalue weighted by molar-refractivity contribution is 5.49. The molecule has 2 aliphatic rings. The molecule has 2 fully saturated rings. The molecule has 3 heteroatoms. The van der Waals surface area contributed by atoms with E-state index in [0.29, 0.717) is 0 Å². The number of unbranched alkanes of at least 4 members (excludes halogenated alkanes) is 2. The van der Waals surface area contributed by atoms with E-state index in [2.05, 4.69) is 13.0 Å². The van der Waals surface area contributed by atoms with Crippen LogP contribution in [0.25, 0.3) is 6.08 Å². The van der Waals surface area contributed by atoms with Crippen LogP contribution in [-0.2, 0) is 6.18 Å². The first-order valence-corrected chi connectivity index (χ1v) is 12.8. The zero-order valence-corrected chi connectivity index (χ0v) is 19.3. The minimum atomic E-state index is -4.25. The lowest BCUT2D eigenvalue weighted by atomic mass is 9.68. The van der Waals surface area contributed by atoms with Crippen molar-refractivity contribution >= 4 is 6.08 Å². The summed E-state index contributed by atoms with van der Waals surface area (Å²) in [7, 11) is 0. The van der Waals surface area contributed by atoms with Crippen molar-refractivity contribution in [3.05, 3.63) is 41.5 Å². The monoisotopic (exact) mass is 434 g/mol. The second kappa shape index (κ2) is 12.1. The molecule has 31 heavy (non-hydrogen) atoms.